The molecule has 3 rings (SSSR count). The van der Waals surface area contributed by atoms with Gasteiger partial charge >= 0.3 is 6.18 Å². The van der Waals surface area contributed by atoms with Crippen molar-refractivity contribution in [2.75, 3.05) is 7.05 Å². The summed E-state index contributed by atoms with van der Waals surface area (Å²) in [5.41, 5.74) is -2.16. The van der Waals surface area contributed by atoms with Gasteiger partial charge in [-0.05, 0) is 37.7 Å². The maximum absolute atomic E-state index is 14.6. The van der Waals surface area contributed by atoms with Crippen LogP contribution < -0.4 is 0 Å². The van der Waals surface area contributed by atoms with Crippen LogP contribution >= 0.6 is 0 Å². The number of rotatable bonds is 7. The second-order valence-electron chi connectivity index (χ2n) is 7.43. The zero-order valence-electron chi connectivity index (χ0n) is 16.8. The van der Waals surface area contributed by atoms with Gasteiger partial charge in [0.1, 0.15) is 29.9 Å². The van der Waals surface area contributed by atoms with Crippen LogP contribution in [0.4, 0.5) is 22.0 Å². The van der Waals surface area contributed by atoms with Gasteiger partial charge in [0, 0.05) is 24.2 Å². The van der Waals surface area contributed by atoms with E-state index in [1.165, 1.54) is 35.5 Å². The van der Waals surface area contributed by atoms with Crippen LogP contribution in [-0.2, 0) is 24.9 Å². The van der Waals surface area contributed by atoms with Crippen molar-refractivity contribution in [2.24, 2.45) is 0 Å². The van der Waals surface area contributed by atoms with Gasteiger partial charge in [-0.15, -0.1) is 0 Å². The lowest BCUT2D eigenvalue weighted by molar-refractivity contribution is -0.137. The fraction of sp³-hybridized carbons (Fsp3) is 0.333. The van der Waals surface area contributed by atoms with Crippen molar-refractivity contribution >= 4 is 0 Å². The third-order valence-corrected chi connectivity index (χ3v) is 5.33. The molecule has 0 spiro atoms. The molecular formula is C21H21F5N4O. The molecule has 0 radical (unpaired) electrons. The molecule has 1 N–H and O–H groups in total. The third kappa shape index (κ3) is 5.08. The Balaban J connectivity index is 1.89. The number of nitrogens with zero attached hydrogens (tertiary/aromatic N) is 4. The fourth-order valence-corrected chi connectivity index (χ4v) is 3.43. The first-order valence-corrected chi connectivity index (χ1v) is 9.37. The summed E-state index contributed by atoms with van der Waals surface area (Å²) in [5, 5.41) is 15.5. The molecule has 2 aromatic carbocycles. The normalized spacial score (nSPS) is 15.1. The number of likely N-dealkylation sites (N-methyl/N-ethyl adjacent to an activating group) is 1. The zero-order chi connectivity index (χ0) is 22.8. The minimum absolute atomic E-state index is 0.129. The average molecular weight is 440 g/mol. The first-order chi connectivity index (χ1) is 14.5. The molecule has 0 aliphatic carbocycles. The summed E-state index contributed by atoms with van der Waals surface area (Å²) in [7, 11) is 1.65. The Kier molecular flexibility index (Phi) is 6.42. The largest absolute Gasteiger partial charge is 0.416 e. The molecule has 1 heterocycles. The van der Waals surface area contributed by atoms with E-state index in [1.807, 2.05) is 0 Å². The van der Waals surface area contributed by atoms with E-state index in [2.05, 4.69) is 10.1 Å². The molecule has 0 unspecified atom stereocenters. The molecule has 3 aromatic rings. The Morgan fingerprint density at radius 2 is 1.77 bits per heavy atom. The van der Waals surface area contributed by atoms with E-state index in [9.17, 15) is 27.1 Å². The molecule has 0 bridgehead atoms. The lowest BCUT2D eigenvalue weighted by Crippen LogP contribution is -2.50. The van der Waals surface area contributed by atoms with Gasteiger partial charge in [0.05, 0.1) is 12.1 Å². The van der Waals surface area contributed by atoms with E-state index in [0.717, 1.165) is 18.2 Å². The maximum atomic E-state index is 14.6. The monoisotopic (exact) mass is 440 g/mol. The lowest BCUT2D eigenvalue weighted by Gasteiger charge is -2.40. The zero-order valence-corrected chi connectivity index (χ0v) is 16.8. The summed E-state index contributed by atoms with van der Waals surface area (Å²) in [6, 6.07) is 6.83. The van der Waals surface area contributed by atoms with Gasteiger partial charge < -0.3 is 5.11 Å². The molecule has 0 saturated carbocycles. The number of halogens is 5. The first kappa shape index (κ1) is 22.8. The molecule has 0 amide bonds. The summed E-state index contributed by atoms with van der Waals surface area (Å²) in [4.78, 5) is 5.49. The van der Waals surface area contributed by atoms with E-state index in [1.54, 1.807) is 18.9 Å². The van der Waals surface area contributed by atoms with Gasteiger partial charge in [0.2, 0.25) is 0 Å². The first-order valence-electron chi connectivity index (χ1n) is 9.37. The molecular weight excluding hydrogens is 419 g/mol. The van der Waals surface area contributed by atoms with Crippen LogP contribution in [0, 0.1) is 11.6 Å². The molecule has 5 nitrogen and oxygen atoms in total. The molecule has 0 saturated heterocycles. The molecule has 0 aliphatic rings. The van der Waals surface area contributed by atoms with Crippen molar-refractivity contribution < 1.29 is 27.1 Å². The van der Waals surface area contributed by atoms with Crippen molar-refractivity contribution in [3.05, 3.63) is 83.4 Å². The Labute approximate surface area is 175 Å². The van der Waals surface area contributed by atoms with Crippen LogP contribution in [-0.4, -0.2) is 37.9 Å². The summed E-state index contributed by atoms with van der Waals surface area (Å²) in [6.45, 7) is 1.65. The van der Waals surface area contributed by atoms with Gasteiger partial charge in [-0.2, -0.15) is 18.3 Å². The highest BCUT2D eigenvalue weighted by atomic mass is 19.4. The summed E-state index contributed by atoms with van der Waals surface area (Å²) in [6.07, 6.45) is -1.82. The third-order valence-electron chi connectivity index (χ3n) is 5.33. The van der Waals surface area contributed by atoms with Crippen molar-refractivity contribution in [1.82, 2.24) is 19.7 Å². The Morgan fingerprint density at radius 3 is 2.32 bits per heavy atom. The Morgan fingerprint density at radius 1 is 1.10 bits per heavy atom. The Hall–Kier alpha value is -2.85. The van der Waals surface area contributed by atoms with Crippen LogP contribution in [0.5, 0.6) is 0 Å². The number of alkyl halides is 3. The standard InChI is InChI=1S/C21H21F5N4O/c1-14(29(2)10-15-3-5-16(6-4-15)21(24,25)26)20(31,11-30-13-27-12-28-30)18-8-7-17(22)9-19(18)23/h3-9,12-14,31H,10-11H2,1-2H3/t14-,20-/m0/s1. The maximum Gasteiger partial charge on any atom is 0.416 e. The summed E-state index contributed by atoms with van der Waals surface area (Å²) >= 11 is 0. The number of hydrogen-bond donors (Lipinski definition) is 1. The van der Waals surface area contributed by atoms with Gasteiger partial charge in [0.15, 0.2) is 0 Å². The van der Waals surface area contributed by atoms with E-state index in [-0.39, 0.29) is 18.7 Å². The van der Waals surface area contributed by atoms with Crippen molar-refractivity contribution in [2.45, 2.75) is 37.8 Å². The van der Waals surface area contributed by atoms with Gasteiger partial charge in [-0.25, -0.2) is 18.4 Å². The van der Waals surface area contributed by atoms with Gasteiger partial charge in [-0.1, -0.05) is 18.2 Å². The minimum atomic E-state index is -4.43. The molecule has 2 atom stereocenters. The van der Waals surface area contributed by atoms with Crippen LogP contribution in [0.1, 0.15) is 23.6 Å². The quantitative estimate of drug-likeness (QED) is 0.565. The minimum Gasteiger partial charge on any atom is -0.381 e. The second-order valence-corrected chi connectivity index (χ2v) is 7.43. The Bertz CT molecular complexity index is 1010. The molecule has 0 fully saturated rings. The molecule has 31 heavy (non-hydrogen) atoms. The highest BCUT2D eigenvalue weighted by molar-refractivity contribution is 5.28. The second kappa shape index (κ2) is 8.72. The number of benzene rings is 2. The molecule has 10 heteroatoms. The van der Waals surface area contributed by atoms with Crippen LogP contribution in [0.15, 0.2) is 55.1 Å². The summed E-state index contributed by atoms with van der Waals surface area (Å²) in [5.74, 6) is -1.70. The lowest BCUT2D eigenvalue weighted by atomic mass is 9.85. The average Bonchev–Trinajstić information content (AvgIpc) is 3.19. The molecule has 1 aromatic heterocycles. The van der Waals surface area contributed by atoms with Crippen molar-refractivity contribution in [1.29, 1.82) is 0 Å². The van der Waals surface area contributed by atoms with E-state index in [4.69, 9.17) is 0 Å². The molecule has 0 aliphatic heterocycles. The predicted molar refractivity (Wildman–Crippen MR) is 103 cm³/mol. The van der Waals surface area contributed by atoms with E-state index >= 15 is 0 Å². The van der Waals surface area contributed by atoms with Crippen LogP contribution in [0.2, 0.25) is 0 Å². The van der Waals surface area contributed by atoms with Crippen LogP contribution in [0.3, 0.4) is 0 Å². The highest BCUT2D eigenvalue weighted by Gasteiger charge is 2.41. The fourth-order valence-electron chi connectivity index (χ4n) is 3.43. The van der Waals surface area contributed by atoms with Gasteiger partial charge in [0.25, 0.3) is 0 Å². The van der Waals surface area contributed by atoms with E-state index in [0.29, 0.717) is 11.6 Å². The highest BCUT2D eigenvalue weighted by Crippen LogP contribution is 2.33. The summed E-state index contributed by atoms with van der Waals surface area (Å²) < 4.78 is 67.7. The smallest absolute Gasteiger partial charge is 0.381 e. The topological polar surface area (TPSA) is 54.2 Å². The number of aromatic nitrogens is 3. The number of aliphatic hydroxyl groups is 1. The van der Waals surface area contributed by atoms with Gasteiger partial charge in [-0.3, -0.25) is 4.90 Å². The van der Waals surface area contributed by atoms with Crippen LogP contribution in [0.25, 0.3) is 0 Å². The van der Waals surface area contributed by atoms with Crippen molar-refractivity contribution in [3.63, 3.8) is 0 Å². The number of hydrogen-bond acceptors (Lipinski definition) is 4. The SMILES string of the molecule is C[C@H](N(C)Cc1ccc(C(F)(F)F)cc1)[C@@](O)(Cn1cncn1)c1ccc(F)cc1F. The van der Waals surface area contributed by atoms with Crippen molar-refractivity contribution in [3.8, 4) is 0 Å². The van der Waals surface area contributed by atoms with E-state index < -0.39 is 35.0 Å². The predicted octanol–water partition coefficient (Wildman–Crippen LogP) is 3.98. The molecule has 166 valence electrons.